The minimum Gasteiger partial charge on any atom is -0.391 e. The van der Waals surface area contributed by atoms with Crippen molar-refractivity contribution in [1.82, 2.24) is 0 Å². The van der Waals surface area contributed by atoms with E-state index in [1.165, 1.54) is 12.1 Å². The number of hydrogen-bond acceptors (Lipinski definition) is 2. The number of aliphatic hydroxyl groups is 1. The molecule has 0 aromatic heterocycles. The molecule has 0 fully saturated rings. The Bertz CT molecular complexity index is 359. The van der Waals surface area contributed by atoms with E-state index in [1.54, 1.807) is 6.07 Å². The second-order valence-electron chi connectivity index (χ2n) is 4.97. The van der Waals surface area contributed by atoms with Crippen molar-refractivity contribution in [3.63, 3.8) is 0 Å². The van der Waals surface area contributed by atoms with Gasteiger partial charge in [-0.25, -0.2) is 4.39 Å². The zero-order valence-electron chi connectivity index (χ0n) is 10.1. The molecule has 0 radical (unpaired) electrons. The topological polar surface area (TPSA) is 46.2 Å². The lowest BCUT2D eigenvalue weighted by atomic mass is 9.82. The molecule has 17 heavy (non-hydrogen) atoms. The summed E-state index contributed by atoms with van der Waals surface area (Å²) in [5.41, 5.74) is 5.60. The summed E-state index contributed by atoms with van der Waals surface area (Å²) >= 11 is 5.89. The summed E-state index contributed by atoms with van der Waals surface area (Å²) < 4.78 is 13.6. The quantitative estimate of drug-likeness (QED) is 0.874. The van der Waals surface area contributed by atoms with Gasteiger partial charge in [0.05, 0.1) is 12.1 Å². The molecule has 0 amide bonds. The fourth-order valence-electron chi connectivity index (χ4n) is 1.53. The monoisotopic (exact) mass is 281 g/mol. The molecule has 98 valence electrons. The Morgan fingerprint density at radius 1 is 1.35 bits per heavy atom. The molecule has 1 aromatic carbocycles. The van der Waals surface area contributed by atoms with Gasteiger partial charge in [0.1, 0.15) is 5.82 Å². The third-order valence-electron chi connectivity index (χ3n) is 2.56. The maximum absolute atomic E-state index is 13.6. The summed E-state index contributed by atoms with van der Waals surface area (Å²) in [5.74, 6) is -0.483. The van der Waals surface area contributed by atoms with Gasteiger partial charge in [0.2, 0.25) is 0 Å². The van der Waals surface area contributed by atoms with Crippen molar-refractivity contribution in [3.8, 4) is 0 Å². The van der Waals surface area contributed by atoms with E-state index < -0.39 is 23.4 Å². The van der Waals surface area contributed by atoms with Gasteiger partial charge in [-0.1, -0.05) is 38.4 Å². The van der Waals surface area contributed by atoms with Crippen molar-refractivity contribution >= 4 is 24.0 Å². The lowest BCUT2D eigenvalue weighted by Gasteiger charge is -2.31. The number of halogens is 3. The van der Waals surface area contributed by atoms with E-state index in [9.17, 15) is 9.50 Å². The Morgan fingerprint density at radius 2 is 1.88 bits per heavy atom. The van der Waals surface area contributed by atoms with E-state index in [2.05, 4.69) is 0 Å². The molecular weight excluding hydrogens is 264 g/mol. The zero-order valence-corrected chi connectivity index (χ0v) is 11.6. The third-order valence-corrected chi connectivity index (χ3v) is 2.89. The normalized spacial score (nSPS) is 15.0. The highest BCUT2D eigenvalue weighted by atomic mass is 35.5. The molecule has 0 heterocycles. The van der Waals surface area contributed by atoms with Gasteiger partial charge in [0.25, 0.3) is 0 Å². The van der Waals surface area contributed by atoms with E-state index in [4.69, 9.17) is 17.3 Å². The molecule has 2 nitrogen and oxygen atoms in total. The number of aliphatic hydroxyl groups excluding tert-OH is 1. The first-order valence-corrected chi connectivity index (χ1v) is 5.50. The number of hydrogen-bond donors (Lipinski definition) is 2. The highest BCUT2D eigenvalue weighted by Gasteiger charge is 2.31. The van der Waals surface area contributed by atoms with E-state index in [1.807, 2.05) is 20.8 Å². The van der Waals surface area contributed by atoms with Crippen LogP contribution in [0.25, 0.3) is 0 Å². The summed E-state index contributed by atoms with van der Waals surface area (Å²) in [5, 5.41) is 10.3. The summed E-state index contributed by atoms with van der Waals surface area (Å²) in [6, 6.07) is 3.54. The highest BCUT2D eigenvalue weighted by molar-refractivity contribution is 6.31. The molecule has 0 aliphatic carbocycles. The minimum atomic E-state index is -0.859. The van der Waals surface area contributed by atoms with Crippen LogP contribution in [0.2, 0.25) is 5.02 Å². The van der Waals surface area contributed by atoms with Gasteiger partial charge in [0, 0.05) is 10.6 Å². The van der Waals surface area contributed by atoms with Gasteiger partial charge >= 0.3 is 0 Å². The Balaban J connectivity index is 0.00000256. The summed E-state index contributed by atoms with van der Waals surface area (Å²) in [4.78, 5) is 0. The van der Waals surface area contributed by atoms with Crippen molar-refractivity contribution in [1.29, 1.82) is 0 Å². The van der Waals surface area contributed by atoms with E-state index >= 15 is 0 Å². The Labute approximate surface area is 112 Å². The van der Waals surface area contributed by atoms with Crippen LogP contribution in [-0.4, -0.2) is 11.2 Å². The van der Waals surface area contributed by atoms with Crippen LogP contribution in [0.1, 0.15) is 32.4 Å². The van der Waals surface area contributed by atoms with Crippen molar-refractivity contribution < 1.29 is 9.50 Å². The van der Waals surface area contributed by atoms with Crippen LogP contribution in [0.15, 0.2) is 18.2 Å². The summed E-state index contributed by atoms with van der Waals surface area (Å²) in [7, 11) is 0. The van der Waals surface area contributed by atoms with Crippen LogP contribution in [0, 0.1) is 11.2 Å². The molecule has 0 spiro atoms. The van der Waals surface area contributed by atoms with Crippen LogP contribution in [0.3, 0.4) is 0 Å². The first-order chi connectivity index (χ1) is 7.25. The van der Waals surface area contributed by atoms with Crippen LogP contribution in [-0.2, 0) is 0 Å². The van der Waals surface area contributed by atoms with Crippen molar-refractivity contribution in [2.75, 3.05) is 0 Å². The van der Waals surface area contributed by atoms with Crippen LogP contribution in [0.5, 0.6) is 0 Å². The molecule has 0 bridgehead atoms. The predicted octanol–water partition coefficient (Wildman–Crippen LogP) is 3.31. The molecular formula is C12H18Cl2FNO. The molecule has 1 rings (SSSR count). The molecule has 2 atom stereocenters. The molecule has 0 saturated carbocycles. The van der Waals surface area contributed by atoms with Gasteiger partial charge in [-0.2, -0.15) is 0 Å². The standard InChI is InChI=1S/C12H17ClFNO.ClH/c1-12(2,3)11(16)10(15)9-7(13)5-4-6-8(9)14;/h4-6,10-11,16H,15H2,1-3H3;1H/t10-,11-;/m1./s1. The average Bonchev–Trinajstić information content (AvgIpc) is 2.14. The maximum atomic E-state index is 13.6. The van der Waals surface area contributed by atoms with Gasteiger partial charge in [-0.15, -0.1) is 12.4 Å². The van der Waals surface area contributed by atoms with E-state index in [0.717, 1.165) is 0 Å². The maximum Gasteiger partial charge on any atom is 0.129 e. The Kier molecular flexibility index (Phi) is 5.88. The Hall–Kier alpha value is -0.350. The van der Waals surface area contributed by atoms with Gasteiger partial charge in [0.15, 0.2) is 0 Å². The van der Waals surface area contributed by atoms with Crippen LogP contribution < -0.4 is 5.73 Å². The second kappa shape index (κ2) is 6.01. The van der Waals surface area contributed by atoms with Gasteiger partial charge in [-0.05, 0) is 17.5 Å². The summed E-state index contributed by atoms with van der Waals surface area (Å²) in [6.45, 7) is 5.52. The second-order valence-corrected chi connectivity index (χ2v) is 5.38. The van der Waals surface area contributed by atoms with Crippen molar-refractivity contribution in [3.05, 3.63) is 34.6 Å². The largest absolute Gasteiger partial charge is 0.391 e. The summed E-state index contributed by atoms with van der Waals surface area (Å²) in [6.07, 6.45) is -0.859. The first kappa shape index (κ1) is 16.6. The fraction of sp³-hybridized carbons (Fsp3) is 0.500. The first-order valence-electron chi connectivity index (χ1n) is 5.12. The van der Waals surface area contributed by atoms with Crippen LogP contribution in [0.4, 0.5) is 4.39 Å². The minimum absolute atomic E-state index is 0. The van der Waals surface area contributed by atoms with Gasteiger partial charge < -0.3 is 10.8 Å². The Morgan fingerprint density at radius 3 is 2.29 bits per heavy atom. The molecule has 0 saturated heterocycles. The lowest BCUT2D eigenvalue weighted by Crippen LogP contribution is -2.37. The molecule has 5 heteroatoms. The van der Waals surface area contributed by atoms with E-state index in [-0.39, 0.29) is 23.0 Å². The number of benzene rings is 1. The predicted molar refractivity (Wildman–Crippen MR) is 71.0 cm³/mol. The number of rotatable bonds is 2. The third kappa shape index (κ3) is 3.81. The van der Waals surface area contributed by atoms with Crippen molar-refractivity contribution in [2.24, 2.45) is 11.1 Å². The highest BCUT2D eigenvalue weighted by Crippen LogP contribution is 2.33. The average molecular weight is 282 g/mol. The zero-order chi connectivity index (χ0) is 12.5. The van der Waals surface area contributed by atoms with E-state index in [0.29, 0.717) is 0 Å². The number of nitrogens with two attached hydrogens (primary N) is 1. The molecule has 0 aliphatic rings. The molecule has 0 aliphatic heterocycles. The lowest BCUT2D eigenvalue weighted by molar-refractivity contribution is 0.0392. The van der Waals surface area contributed by atoms with Crippen molar-refractivity contribution in [2.45, 2.75) is 32.9 Å². The van der Waals surface area contributed by atoms with Crippen LogP contribution >= 0.6 is 24.0 Å². The SMILES string of the molecule is CC(C)(C)[C@H](O)[C@H](N)c1c(F)cccc1Cl.Cl. The fourth-order valence-corrected chi connectivity index (χ4v) is 1.81. The van der Waals surface area contributed by atoms with Gasteiger partial charge in [-0.3, -0.25) is 0 Å². The smallest absolute Gasteiger partial charge is 0.129 e. The molecule has 1 aromatic rings. The molecule has 3 N–H and O–H groups in total. The molecule has 0 unspecified atom stereocenters.